The van der Waals surface area contributed by atoms with E-state index in [0.29, 0.717) is 24.7 Å². The monoisotopic (exact) mass is 293 g/mol. The van der Waals surface area contributed by atoms with Crippen LogP contribution in [0.25, 0.3) is 10.9 Å². The van der Waals surface area contributed by atoms with Gasteiger partial charge in [-0.15, -0.1) is 0 Å². The minimum absolute atomic E-state index is 0.117. The number of fused-ring (bicyclic) bond motifs is 1. The molecule has 106 valence electrons. The van der Waals surface area contributed by atoms with Gasteiger partial charge in [-0.2, -0.15) is 0 Å². The summed E-state index contributed by atoms with van der Waals surface area (Å²) in [7, 11) is 0. The van der Waals surface area contributed by atoms with Gasteiger partial charge in [-0.05, 0) is 29.7 Å². The van der Waals surface area contributed by atoms with Crippen LogP contribution < -0.4 is 16.6 Å². The van der Waals surface area contributed by atoms with Gasteiger partial charge in [-0.25, -0.2) is 0 Å². The van der Waals surface area contributed by atoms with Gasteiger partial charge in [-0.1, -0.05) is 11.6 Å². The number of benzene rings is 1. The van der Waals surface area contributed by atoms with E-state index in [-0.39, 0.29) is 17.9 Å². The van der Waals surface area contributed by atoms with Crippen molar-refractivity contribution in [3.63, 3.8) is 0 Å². The average molecular weight is 294 g/mol. The summed E-state index contributed by atoms with van der Waals surface area (Å²) < 4.78 is 1.58. The van der Waals surface area contributed by atoms with Gasteiger partial charge in [0.15, 0.2) is 0 Å². The second-order valence-electron chi connectivity index (χ2n) is 4.41. The molecule has 3 N–H and O–H groups in total. The zero-order chi connectivity index (χ0) is 14.5. The van der Waals surface area contributed by atoms with Gasteiger partial charge in [0.2, 0.25) is 5.91 Å². The molecule has 0 bridgehead atoms. The molecule has 0 spiro atoms. The highest BCUT2D eigenvalue weighted by molar-refractivity contribution is 6.31. The van der Waals surface area contributed by atoms with E-state index in [1.54, 1.807) is 28.8 Å². The normalized spacial score (nSPS) is 10.7. The molecule has 1 amide bonds. The van der Waals surface area contributed by atoms with Crippen molar-refractivity contribution in [3.05, 3.63) is 45.7 Å². The fourth-order valence-electron chi connectivity index (χ4n) is 2.02. The fourth-order valence-corrected chi connectivity index (χ4v) is 2.20. The Morgan fingerprint density at radius 3 is 2.85 bits per heavy atom. The SMILES string of the molecule is NCCNC(=O)CCn1c(=O)ccc2cc(Cl)ccc21. The first-order chi connectivity index (χ1) is 9.61. The molecule has 6 heteroatoms. The highest BCUT2D eigenvalue weighted by Crippen LogP contribution is 2.17. The summed E-state index contributed by atoms with van der Waals surface area (Å²) in [5.41, 5.74) is 5.95. The van der Waals surface area contributed by atoms with Crippen LogP contribution in [0, 0.1) is 0 Å². The largest absolute Gasteiger partial charge is 0.355 e. The lowest BCUT2D eigenvalue weighted by atomic mass is 10.2. The molecule has 0 aliphatic heterocycles. The Balaban J connectivity index is 2.23. The first-order valence-corrected chi connectivity index (χ1v) is 6.75. The van der Waals surface area contributed by atoms with Crippen LogP contribution in [0.4, 0.5) is 0 Å². The number of carbonyl (C=O) groups excluding carboxylic acids is 1. The lowest BCUT2D eigenvalue weighted by molar-refractivity contribution is -0.121. The maximum atomic E-state index is 11.9. The zero-order valence-electron chi connectivity index (χ0n) is 10.9. The van der Waals surface area contributed by atoms with Crippen molar-refractivity contribution in [2.75, 3.05) is 13.1 Å². The number of amides is 1. The average Bonchev–Trinajstić information content (AvgIpc) is 2.44. The number of aromatic nitrogens is 1. The number of carbonyl (C=O) groups is 1. The fraction of sp³-hybridized carbons (Fsp3) is 0.286. The standard InChI is InChI=1S/C14H16ClN3O2/c15-11-2-3-12-10(9-11)1-4-14(20)18(12)8-5-13(19)17-7-6-16/h1-4,9H,5-8,16H2,(H,17,19). The van der Waals surface area contributed by atoms with Crippen molar-refractivity contribution < 1.29 is 4.79 Å². The van der Waals surface area contributed by atoms with Crippen LogP contribution in [0.5, 0.6) is 0 Å². The Morgan fingerprint density at radius 2 is 2.10 bits per heavy atom. The molecular weight excluding hydrogens is 278 g/mol. The van der Waals surface area contributed by atoms with E-state index in [1.807, 2.05) is 0 Å². The summed E-state index contributed by atoms with van der Waals surface area (Å²) in [5.74, 6) is -0.117. The number of nitrogens with two attached hydrogens (primary N) is 1. The Bertz CT molecular complexity index is 682. The third-order valence-corrected chi connectivity index (χ3v) is 3.22. The first-order valence-electron chi connectivity index (χ1n) is 6.37. The summed E-state index contributed by atoms with van der Waals surface area (Å²) >= 11 is 5.93. The first kappa shape index (κ1) is 14.6. The number of pyridine rings is 1. The van der Waals surface area contributed by atoms with E-state index in [1.165, 1.54) is 6.07 Å². The van der Waals surface area contributed by atoms with Gasteiger partial charge in [0.25, 0.3) is 5.56 Å². The molecule has 2 rings (SSSR count). The van der Waals surface area contributed by atoms with Crippen molar-refractivity contribution in [1.29, 1.82) is 0 Å². The molecule has 0 saturated heterocycles. The van der Waals surface area contributed by atoms with Crippen LogP contribution in [0.3, 0.4) is 0 Å². The molecule has 0 aliphatic rings. The number of rotatable bonds is 5. The summed E-state index contributed by atoms with van der Waals surface area (Å²) in [4.78, 5) is 23.5. The number of halogens is 1. The van der Waals surface area contributed by atoms with Gasteiger partial charge in [0.1, 0.15) is 0 Å². The van der Waals surface area contributed by atoms with Crippen molar-refractivity contribution in [2.45, 2.75) is 13.0 Å². The quantitative estimate of drug-likeness (QED) is 0.867. The molecule has 0 saturated carbocycles. The van der Waals surface area contributed by atoms with Crippen molar-refractivity contribution in [3.8, 4) is 0 Å². The van der Waals surface area contributed by atoms with Crippen LogP contribution in [-0.4, -0.2) is 23.6 Å². The Kier molecular flexibility index (Phi) is 4.76. The van der Waals surface area contributed by atoms with Crippen molar-refractivity contribution >= 4 is 28.4 Å². The van der Waals surface area contributed by atoms with E-state index in [9.17, 15) is 9.59 Å². The van der Waals surface area contributed by atoms with E-state index in [4.69, 9.17) is 17.3 Å². The zero-order valence-corrected chi connectivity index (χ0v) is 11.7. The summed E-state index contributed by atoms with van der Waals surface area (Å²) in [6.45, 7) is 1.17. The molecule has 0 aliphatic carbocycles. The minimum Gasteiger partial charge on any atom is -0.355 e. The maximum absolute atomic E-state index is 11.9. The molecule has 0 atom stereocenters. The minimum atomic E-state index is -0.133. The summed E-state index contributed by atoms with van der Waals surface area (Å²) in [5, 5.41) is 4.17. The van der Waals surface area contributed by atoms with E-state index in [0.717, 1.165) is 10.9 Å². The molecule has 20 heavy (non-hydrogen) atoms. The lowest BCUT2D eigenvalue weighted by Gasteiger charge is -2.10. The number of aryl methyl sites for hydroxylation is 1. The van der Waals surface area contributed by atoms with Gasteiger partial charge in [0, 0.05) is 37.1 Å². The summed E-state index contributed by atoms with van der Waals surface area (Å²) in [6, 6.07) is 8.53. The number of nitrogens with zero attached hydrogens (tertiary/aromatic N) is 1. The number of hydrogen-bond donors (Lipinski definition) is 2. The molecule has 2 aromatic rings. The summed E-state index contributed by atoms with van der Waals surface area (Å²) in [6.07, 6.45) is 0.238. The molecule has 0 fully saturated rings. The third-order valence-electron chi connectivity index (χ3n) is 2.98. The van der Waals surface area contributed by atoms with Gasteiger partial charge in [-0.3, -0.25) is 9.59 Å². The highest BCUT2D eigenvalue weighted by atomic mass is 35.5. The van der Waals surface area contributed by atoms with Crippen molar-refractivity contribution in [1.82, 2.24) is 9.88 Å². The van der Waals surface area contributed by atoms with E-state index < -0.39 is 0 Å². The van der Waals surface area contributed by atoms with Crippen LogP contribution >= 0.6 is 11.6 Å². The topological polar surface area (TPSA) is 77.1 Å². The second-order valence-corrected chi connectivity index (χ2v) is 4.85. The Morgan fingerprint density at radius 1 is 1.30 bits per heavy atom. The van der Waals surface area contributed by atoms with Gasteiger partial charge < -0.3 is 15.6 Å². The predicted octanol–water partition coefficient (Wildman–Crippen LogP) is 1.12. The van der Waals surface area contributed by atoms with Crippen LogP contribution in [0.2, 0.25) is 5.02 Å². The van der Waals surface area contributed by atoms with Crippen molar-refractivity contribution in [2.24, 2.45) is 5.73 Å². The Labute approximate surface area is 121 Å². The third kappa shape index (κ3) is 3.37. The molecule has 0 radical (unpaired) electrons. The van der Waals surface area contributed by atoms with Crippen LogP contribution in [-0.2, 0) is 11.3 Å². The molecule has 5 nitrogen and oxygen atoms in total. The lowest BCUT2D eigenvalue weighted by Crippen LogP contribution is -2.31. The molecule has 1 aromatic carbocycles. The molecule has 0 unspecified atom stereocenters. The van der Waals surface area contributed by atoms with E-state index in [2.05, 4.69) is 5.32 Å². The van der Waals surface area contributed by atoms with Crippen LogP contribution in [0.1, 0.15) is 6.42 Å². The molecular formula is C14H16ClN3O2. The predicted molar refractivity (Wildman–Crippen MR) is 79.9 cm³/mol. The number of hydrogen-bond acceptors (Lipinski definition) is 3. The van der Waals surface area contributed by atoms with E-state index >= 15 is 0 Å². The maximum Gasteiger partial charge on any atom is 0.251 e. The molecule has 1 heterocycles. The second kappa shape index (κ2) is 6.54. The van der Waals surface area contributed by atoms with Gasteiger partial charge >= 0.3 is 0 Å². The highest BCUT2D eigenvalue weighted by Gasteiger charge is 2.06. The van der Waals surface area contributed by atoms with Crippen LogP contribution in [0.15, 0.2) is 35.1 Å². The smallest absolute Gasteiger partial charge is 0.251 e. The Hall–Kier alpha value is -1.85. The van der Waals surface area contributed by atoms with Gasteiger partial charge in [0.05, 0.1) is 5.52 Å². The number of nitrogens with one attached hydrogen (secondary N) is 1. The molecule has 1 aromatic heterocycles.